The lowest BCUT2D eigenvalue weighted by molar-refractivity contribution is -0.387. The summed E-state index contributed by atoms with van der Waals surface area (Å²) < 4.78 is 27.5. The van der Waals surface area contributed by atoms with Crippen molar-refractivity contribution in [2.75, 3.05) is 6.26 Å². The smallest absolute Gasteiger partial charge is 0.339 e. The summed E-state index contributed by atoms with van der Waals surface area (Å²) >= 11 is 0. The number of rotatable bonds is 5. The monoisotopic (exact) mass is 316 g/mol. The summed E-state index contributed by atoms with van der Waals surface area (Å²) in [5.41, 5.74) is 3.90. The van der Waals surface area contributed by atoms with Gasteiger partial charge in [-0.05, 0) is 19.1 Å². The van der Waals surface area contributed by atoms with Gasteiger partial charge in [0.1, 0.15) is 4.90 Å². The number of carbonyl (C=O) groups is 2. The highest BCUT2D eigenvalue weighted by Gasteiger charge is 2.25. The molecule has 114 valence electrons. The van der Waals surface area contributed by atoms with Crippen molar-refractivity contribution in [2.24, 2.45) is 5.73 Å². The summed E-state index contributed by atoms with van der Waals surface area (Å²) in [7, 11) is -3.83. The van der Waals surface area contributed by atoms with Crippen LogP contribution in [0.25, 0.3) is 0 Å². The number of nitrogens with zero attached hydrogens (tertiary/aromatic N) is 1. The second kappa shape index (κ2) is 5.87. The number of nitrogens with two attached hydrogens (primary N) is 1. The zero-order valence-electron chi connectivity index (χ0n) is 11.1. The molecule has 1 aromatic carbocycles. The Bertz CT molecular complexity index is 711. The Morgan fingerprint density at radius 3 is 2.38 bits per heavy atom. The summed E-state index contributed by atoms with van der Waals surface area (Å²) in [6.07, 6.45) is -0.409. The van der Waals surface area contributed by atoms with Crippen molar-refractivity contribution in [2.45, 2.75) is 17.9 Å². The van der Waals surface area contributed by atoms with Crippen molar-refractivity contribution in [1.82, 2.24) is 0 Å². The van der Waals surface area contributed by atoms with Crippen molar-refractivity contribution in [3.63, 3.8) is 0 Å². The molecule has 2 N–H and O–H groups in total. The molecule has 0 bridgehead atoms. The zero-order valence-corrected chi connectivity index (χ0v) is 11.9. The van der Waals surface area contributed by atoms with E-state index in [0.29, 0.717) is 0 Å². The SMILES string of the molecule is CC(OC(=O)c1ccc(S(C)(=O)=O)c([N+](=O)[O-])c1)C(N)=O. The summed E-state index contributed by atoms with van der Waals surface area (Å²) in [6, 6.07) is 2.75. The van der Waals surface area contributed by atoms with E-state index in [1.165, 1.54) is 6.92 Å². The fourth-order valence-corrected chi connectivity index (χ4v) is 2.22. The van der Waals surface area contributed by atoms with E-state index in [9.17, 15) is 28.1 Å². The Morgan fingerprint density at radius 1 is 1.38 bits per heavy atom. The van der Waals surface area contributed by atoms with Crippen LogP contribution in [0.1, 0.15) is 17.3 Å². The predicted octanol–water partition coefficient (Wildman–Crippen LogP) is 0.0289. The van der Waals surface area contributed by atoms with Crippen LogP contribution in [-0.2, 0) is 19.4 Å². The first kappa shape index (κ1) is 16.6. The van der Waals surface area contributed by atoms with Gasteiger partial charge in [-0.1, -0.05) is 0 Å². The molecule has 0 saturated heterocycles. The predicted molar refractivity (Wildman–Crippen MR) is 70.3 cm³/mol. The minimum Gasteiger partial charge on any atom is -0.449 e. The van der Waals surface area contributed by atoms with Gasteiger partial charge in [0.05, 0.1) is 10.5 Å². The number of amides is 1. The highest BCUT2D eigenvalue weighted by atomic mass is 32.2. The van der Waals surface area contributed by atoms with Crippen LogP contribution in [0.2, 0.25) is 0 Å². The van der Waals surface area contributed by atoms with E-state index in [1.54, 1.807) is 0 Å². The van der Waals surface area contributed by atoms with Gasteiger partial charge in [0.25, 0.3) is 11.6 Å². The Hall–Kier alpha value is -2.49. The van der Waals surface area contributed by atoms with Crippen molar-refractivity contribution in [3.8, 4) is 0 Å². The summed E-state index contributed by atoms with van der Waals surface area (Å²) in [4.78, 5) is 31.9. The average molecular weight is 316 g/mol. The third-order valence-corrected chi connectivity index (χ3v) is 3.62. The Labute approximate surface area is 119 Å². The highest BCUT2D eigenvalue weighted by molar-refractivity contribution is 7.90. The lowest BCUT2D eigenvalue weighted by Gasteiger charge is -2.09. The molecular formula is C11H12N2O7S. The van der Waals surface area contributed by atoms with Gasteiger partial charge in [-0.2, -0.15) is 0 Å². The highest BCUT2D eigenvalue weighted by Crippen LogP contribution is 2.25. The Balaban J connectivity index is 3.24. The normalized spacial score (nSPS) is 12.5. The largest absolute Gasteiger partial charge is 0.449 e. The lowest BCUT2D eigenvalue weighted by Crippen LogP contribution is -2.30. The maximum atomic E-state index is 11.7. The van der Waals surface area contributed by atoms with E-state index < -0.39 is 43.3 Å². The molecule has 1 rings (SSSR count). The molecule has 1 atom stereocenters. The molecule has 0 aliphatic heterocycles. The van der Waals surface area contributed by atoms with Crippen LogP contribution in [-0.4, -0.2) is 37.6 Å². The standard InChI is InChI=1S/C11H12N2O7S/c1-6(10(12)14)20-11(15)7-3-4-9(21(2,18)19)8(5-7)13(16)17/h3-6H,1-2H3,(H2,12,14). The Morgan fingerprint density at radius 2 is 1.95 bits per heavy atom. The molecule has 1 amide bonds. The number of carbonyl (C=O) groups excluding carboxylic acids is 2. The van der Waals surface area contributed by atoms with Gasteiger partial charge in [0.15, 0.2) is 15.9 Å². The van der Waals surface area contributed by atoms with Gasteiger partial charge in [-0.3, -0.25) is 14.9 Å². The lowest BCUT2D eigenvalue weighted by atomic mass is 10.2. The van der Waals surface area contributed by atoms with E-state index in [-0.39, 0.29) is 5.56 Å². The molecular weight excluding hydrogens is 304 g/mol. The number of esters is 1. The maximum Gasteiger partial charge on any atom is 0.339 e. The van der Waals surface area contributed by atoms with Crippen molar-refractivity contribution in [1.29, 1.82) is 0 Å². The molecule has 9 nitrogen and oxygen atoms in total. The number of ether oxygens (including phenoxy) is 1. The van der Waals surface area contributed by atoms with Gasteiger partial charge in [0, 0.05) is 12.3 Å². The maximum absolute atomic E-state index is 11.7. The molecule has 0 aromatic heterocycles. The van der Waals surface area contributed by atoms with E-state index in [1.807, 2.05) is 0 Å². The second-order valence-electron chi connectivity index (χ2n) is 4.16. The van der Waals surface area contributed by atoms with Gasteiger partial charge in [-0.25, -0.2) is 13.2 Å². The molecule has 1 unspecified atom stereocenters. The molecule has 0 aliphatic rings. The molecule has 10 heteroatoms. The number of hydrogen-bond donors (Lipinski definition) is 1. The minimum absolute atomic E-state index is 0.262. The minimum atomic E-state index is -3.83. The second-order valence-corrected chi connectivity index (χ2v) is 6.15. The molecule has 0 spiro atoms. The van der Waals surface area contributed by atoms with Crippen molar-refractivity contribution >= 4 is 27.4 Å². The van der Waals surface area contributed by atoms with E-state index >= 15 is 0 Å². The third-order valence-electron chi connectivity index (χ3n) is 2.48. The molecule has 21 heavy (non-hydrogen) atoms. The number of sulfone groups is 1. The van der Waals surface area contributed by atoms with Crippen LogP contribution in [0, 0.1) is 10.1 Å². The first-order chi connectivity index (χ1) is 9.54. The molecule has 0 saturated carbocycles. The van der Waals surface area contributed by atoms with Gasteiger partial charge in [0.2, 0.25) is 0 Å². The number of benzene rings is 1. The first-order valence-electron chi connectivity index (χ1n) is 5.53. The van der Waals surface area contributed by atoms with Crippen LogP contribution in [0.5, 0.6) is 0 Å². The fourth-order valence-electron chi connectivity index (χ4n) is 1.39. The topological polar surface area (TPSA) is 147 Å². The number of hydrogen-bond acceptors (Lipinski definition) is 7. The van der Waals surface area contributed by atoms with Crippen LogP contribution < -0.4 is 5.73 Å². The van der Waals surface area contributed by atoms with Crippen LogP contribution in [0.4, 0.5) is 5.69 Å². The molecule has 0 aliphatic carbocycles. The third kappa shape index (κ3) is 3.99. The van der Waals surface area contributed by atoms with Crippen LogP contribution >= 0.6 is 0 Å². The summed E-state index contributed by atoms with van der Waals surface area (Å²) in [6.45, 7) is 1.24. The van der Waals surface area contributed by atoms with E-state index in [4.69, 9.17) is 5.73 Å². The van der Waals surface area contributed by atoms with Gasteiger partial charge >= 0.3 is 5.97 Å². The number of nitro groups is 1. The number of nitro benzene ring substituents is 1. The van der Waals surface area contributed by atoms with Gasteiger partial charge < -0.3 is 10.5 Å². The van der Waals surface area contributed by atoms with Crippen molar-refractivity contribution < 1.29 is 27.7 Å². The zero-order chi connectivity index (χ0) is 16.4. The quantitative estimate of drug-likeness (QED) is 0.457. The van der Waals surface area contributed by atoms with Crippen LogP contribution in [0.15, 0.2) is 23.1 Å². The van der Waals surface area contributed by atoms with Crippen molar-refractivity contribution in [3.05, 3.63) is 33.9 Å². The Kier molecular flexibility index (Phi) is 4.63. The molecule has 1 aromatic rings. The first-order valence-corrected chi connectivity index (χ1v) is 7.42. The summed E-state index contributed by atoms with van der Waals surface area (Å²) in [5, 5.41) is 10.9. The summed E-state index contributed by atoms with van der Waals surface area (Å²) in [5.74, 6) is -1.91. The van der Waals surface area contributed by atoms with E-state index in [2.05, 4.69) is 4.74 Å². The average Bonchev–Trinajstić information content (AvgIpc) is 2.36. The molecule has 0 heterocycles. The molecule has 0 fully saturated rings. The fraction of sp³-hybridized carbons (Fsp3) is 0.273. The van der Waals surface area contributed by atoms with Crippen LogP contribution in [0.3, 0.4) is 0 Å². The van der Waals surface area contributed by atoms with E-state index in [0.717, 1.165) is 24.5 Å². The molecule has 0 radical (unpaired) electrons. The van der Waals surface area contributed by atoms with Gasteiger partial charge in [-0.15, -0.1) is 0 Å². The number of primary amides is 1.